The number of fused-ring (bicyclic) bond motifs is 2. The van der Waals surface area contributed by atoms with Crippen LogP contribution in [-0.4, -0.2) is 5.78 Å². The molecule has 2 heteroatoms. The SMILES string of the molecule is O=C1c2ccccc2Cc2ccccc21.S. The topological polar surface area (TPSA) is 17.1 Å². The van der Waals surface area contributed by atoms with Crippen LogP contribution in [0.2, 0.25) is 0 Å². The molecule has 0 bridgehead atoms. The average molecular weight is 228 g/mol. The summed E-state index contributed by atoms with van der Waals surface area (Å²) in [5.41, 5.74) is 4.00. The van der Waals surface area contributed by atoms with Crippen molar-refractivity contribution < 1.29 is 4.79 Å². The van der Waals surface area contributed by atoms with Crippen LogP contribution >= 0.6 is 13.5 Å². The highest BCUT2D eigenvalue weighted by molar-refractivity contribution is 7.59. The first-order chi connectivity index (χ1) is 7.36. The molecule has 0 radical (unpaired) electrons. The van der Waals surface area contributed by atoms with Gasteiger partial charge >= 0.3 is 0 Å². The van der Waals surface area contributed by atoms with Gasteiger partial charge in [-0.3, -0.25) is 4.79 Å². The maximum Gasteiger partial charge on any atom is 0.193 e. The van der Waals surface area contributed by atoms with Gasteiger partial charge in [-0.05, 0) is 17.5 Å². The molecule has 1 nitrogen and oxygen atoms in total. The van der Waals surface area contributed by atoms with Crippen LogP contribution in [0.25, 0.3) is 0 Å². The lowest BCUT2D eigenvalue weighted by Gasteiger charge is -2.17. The number of carbonyl (C=O) groups excluding carboxylic acids is 1. The van der Waals surface area contributed by atoms with Crippen molar-refractivity contribution in [2.45, 2.75) is 6.42 Å². The van der Waals surface area contributed by atoms with Crippen LogP contribution in [0.4, 0.5) is 0 Å². The fraction of sp³-hybridized carbons (Fsp3) is 0.0714. The number of hydrogen-bond acceptors (Lipinski definition) is 1. The highest BCUT2D eigenvalue weighted by Crippen LogP contribution is 2.26. The molecule has 1 aliphatic rings. The summed E-state index contributed by atoms with van der Waals surface area (Å²) < 4.78 is 0. The molecule has 0 aromatic heterocycles. The maximum atomic E-state index is 12.1. The van der Waals surface area contributed by atoms with E-state index in [9.17, 15) is 4.79 Å². The van der Waals surface area contributed by atoms with E-state index in [-0.39, 0.29) is 19.3 Å². The standard InChI is InChI=1S/C14H10O.H2S/c15-14-12-7-3-1-5-10(12)9-11-6-2-4-8-13(11)14;/h1-8H,9H2;1H2. The van der Waals surface area contributed by atoms with E-state index in [1.807, 2.05) is 48.5 Å². The maximum absolute atomic E-state index is 12.1. The van der Waals surface area contributed by atoms with Crippen LogP contribution in [0.5, 0.6) is 0 Å². The third-order valence-electron chi connectivity index (χ3n) is 2.90. The van der Waals surface area contributed by atoms with E-state index in [1.165, 1.54) is 0 Å². The minimum Gasteiger partial charge on any atom is -0.289 e. The molecule has 16 heavy (non-hydrogen) atoms. The van der Waals surface area contributed by atoms with Crippen molar-refractivity contribution in [1.29, 1.82) is 0 Å². The Labute approximate surface area is 102 Å². The van der Waals surface area contributed by atoms with Crippen molar-refractivity contribution in [2.75, 3.05) is 0 Å². The fourth-order valence-corrected chi connectivity index (χ4v) is 2.14. The van der Waals surface area contributed by atoms with E-state index >= 15 is 0 Å². The van der Waals surface area contributed by atoms with E-state index in [0.717, 1.165) is 28.7 Å². The first kappa shape index (κ1) is 11.0. The van der Waals surface area contributed by atoms with Gasteiger partial charge in [0, 0.05) is 11.1 Å². The molecule has 0 saturated heterocycles. The molecule has 0 fully saturated rings. The second-order valence-electron chi connectivity index (χ2n) is 3.82. The predicted octanol–water partition coefficient (Wildman–Crippen LogP) is 2.93. The molecule has 2 aromatic carbocycles. The first-order valence-corrected chi connectivity index (χ1v) is 5.07. The van der Waals surface area contributed by atoms with Gasteiger partial charge in [-0.1, -0.05) is 48.5 Å². The van der Waals surface area contributed by atoms with Gasteiger partial charge in [-0.25, -0.2) is 0 Å². The number of rotatable bonds is 0. The molecule has 3 rings (SSSR count). The van der Waals surface area contributed by atoms with Gasteiger partial charge in [0.25, 0.3) is 0 Å². The summed E-state index contributed by atoms with van der Waals surface area (Å²) >= 11 is 0. The summed E-state index contributed by atoms with van der Waals surface area (Å²) in [5, 5.41) is 0. The number of hydrogen-bond donors (Lipinski definition) is 0. The fourth-order valence-electron chi connectivity index (χ4n) is 2.14. The van der Waals surface area contributed by atoms with E-state index in [2.05, 4.69) is 0 Å². The average Bonchev–Trinajstić information content (AvgIpc) is 2.30. The van der Waals surface area contributed by atoms with Crippen LogP contribution in [-0.2, 0) is 6.42 Å². The smallest absolute Gasteiger partial charge is 0.193 e. The zero-order valence-corrected chi connectivity index (χ0v) is 9.73. The van der Waals surface area contributed by atoms with Crippen molar-refractivity contribution >= 4 is 19.3 Å². The molecule has 0 N–H and O–H groups in total. The van der Waals surface area contributed by atoms with E-state index < -0.39 is 0 Å². The highest BCUT2D eigenvalue weighted by atomic mass is 32.1. The molecule has 0 spiro atoms. The van der Waals surface area contributed by atoms with E-state index in [1.54, 1.807) is 0 Å². The quantitative estimate of drug-likeness (QED) is 0.578. The molecular formula is C14H12OS. The highest BCUT2D eigenvalue weighted by Gasteiger charge is 2.21. The summed E-state index contributed by atoms with van der Waals surface area (Å²) in [6, 6.07) is 15.7. The van der Waals surface area contributed by atoms with Crippen molar-refractivity contribution in [3.63, 3.8) is 0 Å². The van der Waals surface area contributed by atoms with Gasteiger partial charge in [0.15, 0.2) is 5.78 Å². The summed E-state index contributed by atoms with van der Waals surface area (Å²) in [6.45, 7) is 0. The Hall–Kier alpha value is -1.54. The Morgan fingerprint density at radius 2 is 1.19 bits per heavy atom. The Kier molecular flexibility index (Phi) is 2.84. The van der Waals surface area contributed by atoms with Crippen molar-refractivity contribution in [3.8, 4) is 0 Å². The van der Waals surface area contributed by atoms with Crippen molar-refractivity contribution in [1.82, 2.24) is 0 Å². The first-order valence-electron chi connectivity index (χ1n) is 5.07. The molecule has 1 aliphatic carbocycles. The zero-order chi connectivity index (χ0) is 10.3. The monoisotopic (exact) mass is 228 g/mol. The van der Waals surface area contributed by atoms with Gasteiger partial charge in [0.2, 0.25) is 0 Å². The van der Waals surface area contributed by atoms with Gasteiger partial charge in [0.1, 0.15) is 0 Å². The van der Waals surface area contributed by atoms with Crippen LogP contribution in [0.3, 0.4) is 0 Å². The van der Waals surface area contributed by atoms with Crippen molar-refractivity contribution in [3.05, 3.63) is 70.8 Å². The third kappa shape index (κ3) is 1.55. The van der Waals surface area contributed by atoms with Crippen LogP contribution in [0.15, 0.2) is 48.5 Å². The molecule has 0 atom stereocenters. The Morgan fingerprint density at radius 1 is 0.750 bits per heavy atom. The Morgan fingerprint density at radius 3 is 1.69 bits per heavy atom. The number of benzene rings is 2. The van der Waals surface area contributed by atoms with Crippen LogP contribution in [0.1, 0.15) is 27.0 Å². The summed E-state index contributed by atoms with van der Waals surface area (Å²) in [6.07, 6.45) is 0.873. The summed E-state index contributed by atoms with van der Waals surface area (Å²) in [5.74, 6) is 0.160. The normalized spacial score (nSPS) is 12.4. The van der Waals surface area contributed by atoms with Gasteiger partial charge in [0.05, 0.1) is 0 Å². The minimum absolute atomic E-state index is 0. The second-order valence-corrected chi connectivity index (χ2v) is 3.82. The predicted molar refractivity (Wildman–Crippen MR) is 69.5 cm³/mol. The lowest BCUT2D eigenvalue weighted by Crippen LogP contribution is -2.14. The molecule has 0 saturated carbocycles. The lowest BCUT2D eigenvalue weighted by atomic mass is 9.85. The van der Waals surface area contributed by atoms with Crippen LogP contribution in [0, 0.1) is 0 Å². The molecule has 0 aliphatic heterocycles. The van der Waals surface area contributed by atoms with Gasteiger partial charge in [-0.2, -0.15) is 13.5 Å². The summed E-state index contributed by atoms with van der Waals surface area (Å²) in [4.78, 5) is 12.1. The van der Waals surface area contributed by atoms with Crippen molar-refractivity contribution in [2.24, 2.45) is 0 Å². The van der Waals surface area contributed by atoms with E-state index in [4.69, 9.17) is 0 Å². The Bertz CT molecular complexity index is 498. The number of ketones is 1. The third-order valence-corrected chi connectivity index (χ3v) is 2.90. The molecule has 80 valence electrons. The number of carbonyl (C=O) groups is 1. The largest absolute Gasteiger partial charge is 0.289 e. The molecule has 0 unspecified atom stereocenters. The molecular weight excluding hydrogens is 216 g/mol. The van der Waals surface area contributed by atoms with Gasteiger partial charge in [-0.15, -0.1) is 0 Å². The Balaban J connectivity index is 0.000000963. The summed E-state index contributed by atoms with van der Waals surface area (Å²) in [7, 11) is 0. The molecule has 2 aromatic rings. The second kappa shape index (κ2) is 4.14. The lowest BCUT2D eigenvalue weighted by molar-refractivity contribution is 0.103. The minimum atomic E-state index is 0. The van der Waals surface area contributed by atoms with Crippen LogP contribution < -0.4 is 0 Å². The van der Waals surface area contributed by atoms with E-state index in [0.29, 0.717) is 0 Å². The molecule has 0 heterocycles. The molecule has 0 amide bonds. The van der Waals surface area contributed by atoms with Gasteiger partial charge < -0.3 is 0 Å². The zero-order valence-electron chi connectivity index (χ0n) is 8.73.